The zero-order valence-corrected chi connectivity index (χ0v) is 14.2. The van der Waals surface area contributed by atoms with E-state index in [4.69, 9.17) is 0 Å². The lowest BCUT2D eigenvalue weighted by Gasteiger charge is -2.11. The summed E-state index contributed by atoms with van der Waals surface area (Å²) in [5.41, 5.74) is 0.928. The molecule has 2 aromatic carbocycles. The van der Waals surface area contributed by atoms with Gasteiger partial charge in [-0.2, -0.15) is 0 Å². The van der Waals surface area contributed by atoms with Gasteiger partial charge in [-0.05, 0) is 42.0 Å². The van der Waals surface area contributed by atoms with E-state index in [9.17, 15) is 13.2 Å². The fraction of sp³-hybridized carbons (Fsp3) is 0.0500. The van der Waals surface area contributed by atoms with Gasteiger partial charge in [0, 0.05) is 30.4 Å². The van der Waals surface area contributed by atoms with E-state index in [1.165, 1.54) is 12.1 Å². The standard InChI is InChI=1S/C20H13F3N4/c1-24-20-13-5-4-11(17-14(21)6-7-15(22)18(17)23)9-16(13)26-19(27-20)12-3-2-8-25-10-12/h2-10H,1H3,(H,24,26,27). The number of hydrogen-bond acceptors (Lipinski definition) is 4. The molecular weight excluding hydrogens is 353 g/mol. The first-order valence-electron chi connectivity index (χ1n) is 8.12. The maximum atomic E-state index is 14.2. The van der Waals surface area contributed by atoms with Gasteiger partial charge in [-0.15, -0.1) is 0 Å². The van der Waals surface area contributed by atoms with Crippen LogP contribution in [0.15, 0.2) is 54.9 Å². The predicted octanol–water partition coefficient (Wildman–Crippen LogP) is 4.82. The van der Waals surface area contributed by atoms with E-state index in [0.717, 1.165) is 12.1 Å². The Morgan fingerprint density at radius 1 is 0.889 bits per heavy atom. The number of rotatable bonds is 3. The fourth-order valence-corrected chi connectivity index (χ4v) is 2.89. The highest BCUT2D eigenvalue weighted by atomic mass is 19.2. The van der Waals surface area contributed by atoms with Gasteiger partial charge in [-0.1, -0.05) is 6.07 Å². The lowest BCUT2D eigenvalue weighted by molar-refractivity contribution is 0.499. The minimum Gasteiger partial charge on any atom is -0.373 e. The van der Waals surface area contributed by atoms with Crippen molar-refractivity contribution in [3.05, 3.63) is 72.3 Å². The highest BCUT2D eigenvalue weighted by Crippen LogP contribution is 2.32. The molecule has 2 heterocycles. The van der Waals surface area contributed by atoms with Crippen LogP contribution in [0.2, 0.25) is 0 Å². The van der Waals surface area contributed by atoms with Crippen molar-refractivity contribution in [3.63, 3.8) is 0 Å². The quantitative estimate of drug-likeness (QED) is 0.528. The molecule has 4 aromatic rings. The topological polar surface area (TPSA) is 50.7 Å². The van der Waals surface area contributed by atoms with Crippen LogP contribution in [-0.2, 0) is 0 Å². The van der Waals surface area contributed by atoms with Gasteiger partial charge in [-0.25, -0.2) is 23.1 Å². The van der Waals surface area contributed by atoms with Crippen molar-refractivity contribution in [2.75, 3.05) is 12.4 Å². The van der Waals surface area contributed by atoms with E-state index in [1.54, 1.807) is 31.6 Å². The first-order chi connectivity index (χ1) is 13.1. The third-order valence-corrected chi connectivity index (χ3v) is 4.19. The molecule has 4 rings (SSSR count). The summed E-state index contributed by atoms with van der Waals surface area (Å²) in [7, 11) is 1.72. The highest BCUT2D eigenvalue weighted by molar-refractivity contribution is 5.93. The van der Waals surface area contributed by atoms with Crippen LogP contribution in [0, 0.1) is 17.5 Å². The molecule has 4 nitrogen and oxygen atoms in total. The summed E-state index contributed by atoms with van der Waals surface area (Å²) in [6.45, 7) is 0. The van der Waals surface area contributed by atoms with Crippen molar-refractivity contribution < 1.29 is 13.2 Å². The van der Waals surface area contributed by atoms with Gasteiger partial charge in [0.1, 0.15) is 11.6 Å². The molecule has 0 fully saturated rings. The molecule has 0 saturated heterocycles. The molecule has 27 heavy (non-hydrogen) atoms. The molecule has 0 amide bonds. The van der Waals surface area contributed by atoms with Crippen molar-refractivity contribution in [2.45, 2.75) is 0 Å². The molecule has 0 aliphatic carbocycles. The van der Waals surface area contributed by atoms with Crippen LogP contribution in [0.1, 0.15) is 0 Å². The van der Waals surface area contributed by atoms with Crippen molar-refractivity contribution in [2.24, 2.45) is 0 Å². The maximum absolute atomic E-state index is 14.2. The van der Waals surface area contributed by atoms with Crippen LogP contribution in [0.4, 0.5) is 19.0 Å². The van der Waals surface area contributed by atoms with Crippen molar-refractivity contribution >= 4 is 16.7 Å². The Bertz CT molecular complexity index is 1150. The summed E-state index contributed by atoms with van der Waals surface area (Å²) in [5.74, 6) is -2.21. The molecule has 0 bridgehead atoms. The van der Waals surface area contributed by atoms with E-state index in [-0.39, 0.29) is 5.56 Å². The Morgan fingerprint density at radius 3 is 2.44 bits per heavy atom. The number of halogens is 3. The average molecular weight is 366 g/mol. The SMILES string of the molecule is CNc1nc(-c2cccnc2)nc2cc(-c3c(F)ccc(F)c3F)ccc12. The molecule has 0 atom stereocenters. The number of pyridine rings is 1. The van der Waals surface area contributed by atoms with E-state index < -0.39 is 23.0 Å². The Balaban J connectivity index is 1.96. The molecule has 134 valence electrons. The third-order valence-electron chi connectivity index (χ3n) is 4.19. The zero-order chi connectivity index (χ0) is 19.0. The van der Waals surface area contributed by atoms with Crippen LogP contribution < -0.4 is 5.32 Å². The zero-order valence-electron chi connectivity index (χ0n) is 14.2. The molecule has 7 heteroatoms. The Labute approximate surface area is 152 Å². The lowest BCUT2D eigenvalue weighted by atomic mass is 10.0. The summed E-state index contributed by atoms with van der Waals surface area (Å²) in [6.07, 6.45) is 3.26. The van der Waals surface area contributed by atoms with Crippen LogP contribution in [0.3, 0.4) is 0 Å². The van der Waals surface area contributed by atoms with E-state index in [1.807, 2.05) is 6.07 Å². The van der Waals surface area contributed by atoms with Gasteiger partial charge in [0.25, 0.3) is 0 Å². The fourth-order valence-electron chi connectivity index (χ4n) is 2.89. The number of nitrogens with one attached hydrogen (secondary N) is 1. The number of fused-ring (bicyclic) bond motifs is 1. The Hall–Kier alpha value is -3.48. The number of anilines is 1. The number of nitrogens with zero attached hydrogens (tertiary/aromatic N) is 3. The molecule has 0 saturated carbocycles. The smallest absolute Gasteiger partial charge is 0.169 e. The molecule has 0 spiro atoms. The third kappa shape index (κ3) is 2.97. The molecule has 0 radical (unpaired) electrons. The van der Waals surface area contributed by atoms with Gasteiger partial charge in [0.2, 0.25) is 0 Å². The molecule has 0 aliphatic heterocycles. The van der Waals surface area contributed by atoms with Crippen molar-refractivity contribution in [1.82, 2.24) is 15.0 Å². The Kier molecular flexibility index (Phi) is 4.19. The summed E-state index contributed by atoms with van der Waals surface area (Å²) in [4.78, 5) is 13.0. The van der Waals surface area contributed by atoms with Gasteiger partial charge >= 0.3 is 0 Å². The number of benzene rings is 2. The molecule has 2 aromatic heterocycles. The normalized spacial score (nSPS) is 11.0. The minimum absolute atomic E-state index is 0.190. The monoisotopic (exact) mass is 366 g/mol. The van der Waals surface area contributed by atoms with Gasteiger partial charge < -0.3 is 5.32 Å². The maximum Gasteiger partial charge on any atom is 0.169 e. The molecular formula is C20H13F3N4. The lowest BCUT2D eigenvalue weighted by Crippen LogP contribution is -2.00. The van der Waals surface area contributed by atoms with Gasteiger partial charge in [-0.3, -0.25) is 4.98 Å². The highest BCUT2D eigenvalue weighted by Gasteiger charge is 2.17. The first kappa shape index (κ1) is 17.0. The van der Waals surface area contributed by atoms with Crippen LogP contribution in [0.5, 0.6) is 0 Å². The largest absolute Gasteiger partial charge is 0.373 e. The van der Waals surface area contributed by atoms with Crippen LogP contribution >= 0.6 is 0 Å². The second kappa shape index (κ2) is 6.68. The van der Waals surface area contributed by atoms with E-state index in [2.05, 4.69) is 20.3 Å². The average Bonchev–Trinajstić information content (AvgIpc) is 2.70. The summed E-state index contributed by atoms with van der Waals surface area (Å²) in [5, 5.41) is 3.66. The number of hydrogen-bond donors (Lipinski definition) is 1. The van der Waals surface area contributed by atoms with Gasteiger partial charge in [0.05, 0.1) is 11.1 Å². The van der Waals surface area contributed by atoms with Crippen LogP contribution in [0.25, 0.3) is 33.4 Å². The van der Waals surface area contributed by atoms with E-state index >= 15 is 0 Å². The second-order valence-electron chi connectivity index (χ2n) is 5.84. The van der Waals surface area contributed by atoms with Crippen LogP contribution in [-0.4, -0.2) is 22.0 Å². The minimum atomic E-state index is -1.23. The number of aromatic nitrogens is 3. The Morgan fingerprint density at radius 2 is 1.70 bits per heavy atom. The van der Waals surface area contributed by atoms with E-state index in [0.29, 0.717) is 28.1 Å². The molecule has 1 N–H and O–H groups in total. The van der Waals surface area contributed by atoms with Crippen molar-refractivity contribution in [1.29, 1.82) is 0 Å². The molecule has 0 aliphatic rings. The van der Waals surface area contributed by atoms with Gasteiger partial charge in [0.15, 0.2) is 17.5 Å². The summed E-state index contributed by atoms with van der Waals surface area (Å²) < 4.78 is 41.9. The predicted molar refractivity (Wildman–Crippen MR) is 97.6 cm³/mol. The second-order valence-corrected chi connectivity index (χ2v) is 5.84. The summed E-state index contributed by atoms with van der Waals surface area (Å²) in [6, 6.07) is 9.90. The van der Waals surface area contributed by atoms with Crippen molar-refractivity contribution in [3.8, 4) is 22.5 Å². The first-order valence-corrected chi connectivity index (χ1v) is 8.12. The summed E-state index contributed by atoms with van der Waals surface area (Å²) >= 11 is 0. The molecule has 0 unspecified atom stereocenters.